The summed E-state index contributed by atoms with van der Waals surface area (Å²) in [6.07, 6.45) is 3.09. The monoisotopic (exact) mass is 365 g/mol. The number of benzene rings is 1. The quantitative estimate of drug-likeness (QED) is 0.727. The van der Waals surface area contributed by atoms with Crippen LogP contribution in [0.1, 0.15) is 17.0 Å². The molecule has 0 aliphatic rings. The predicted molar refractivity (Wildman–Crippen MR) is 91.7 cm³/mol. The van der Waals surface area contributed by atoms with Crippen LogP contribution in [0.25, 0.3) is 0 Å². The summed E-state index contributed by atoms with van der Waals surface area (Å²) in [5.41, 5.74) is 2.27. The number of anilines is 1. The molecule has 0 fully saturated rings. The standard InChI is InChI=1S/C15H16ClN5O2S/c1-10-15(11(2)19-18-10)24(22,23)20-14-7-17-21(9-14)8-12-4-3-5-13(16)6-12/h3-7,9,20H,8H2,1-2H3,(H,18,19). The highest BCUT2D eigenvalue weighted by Crippen LogP contribution is 2.20. The van der Waals surface area contributed by atoms with Gasteiger partial charge in [-0.1, -0.05) is 23.7 Å². The summed E-state index contributed by atoms with van der Waals surface area (Å²) in [7, 11) is -3.72. The zero-order chi connectivity index (χ0) is 17.3. The first-order chi connectivity index (χ1) is 11.3. The molecule has 9 heteroatoms. The summed E-state index contributed by atoms with van der Waals surface area (Å²) < 4.78 is 29.1. The van der Waals surface area contributed by atoms with E-state index in [2.05, 4.69) is 20.0 Å². The minimum Gasteiger partial charge on any atom is -0.281 e. The van der Waals surface area contributed by atoms with Crippen molar-refractivity contribution in [1.29, 1.82) is 0 Å². The lowest BCUT2D eigenvalue weighted by molar-refractivity contribution is 0.600. The van der Waals surface area contributed by atoms with Crippen molar-refractivity contribution in [2.24, 2.45) is 0 Å². The number of hydrogen-bond donors (Lipinski definition) is 2. The second-order valence-electron chi connectivity index (χ2n) is 5.43. The van der Waals surface area contributed by atoms with Gasteiger partial charge < -0.3 is 0 Å². The lowest BCUT2D eigenvalue weighted by atomic mass is 10.2. The highest BCUT2D eigenvalue weighted by Gasteiger charge is 2.22. The SMILES string of the molecule is Cc1n[nH]c(C)c1S(=O)(=O)Nc1cnn(Cc2cccc(Cl)c2)c1. The Morgan fingerprint density at radius 1 is 1.33 bits per heavy atom. The molecule has 24 heavy (non-hydrogen) atoms. The Morgan fingerprint density at radius 3 is 2.79 bits per heavy atom. The average molecular weight is 366 g/mol. The lowest BCUT2D eigenvalue weighted by Crippen LogP contribution is -2.14. The highest BCUT2D eigenvalue weighted by atomic mass is 35.5. The van der Waals surface area contributed by atoms with Crippen molar-refractivity contribution in [1.82, 2.24) is 20.0 Å². The number of sulfonamides is 1. The van der Waals surface area contributed by atoms with Crippen LogP contribution in [-0.2, 0) is 16.6 Å². The van der Waals surface area contributed by atoms with E-state index < -0.39 is 10.0 Å². The summed E-state index contributed by atoms with van der Waals surface area (Å²) in [5.74, 6) is 0. The van der Waals surface area contributed by atoms with Crippen molar-refractivity contribution in [2.45, 2.75) is 25.3 Å². The maximum atomic E-state index is 12.5. The van der Waals surface area contributed by atoms with Crippen LogP contribution in [0.3, 0.4) is 0 Å². The van der Waals surface area contributed by atoms with Gasteiger partial charge in [-0.15, -0.1) is 0 Å². The van der Waals surface area contributed by atoms with E-state index in [0.29, 0.717) is 28.6 Å². The largest absolute Gasteiger partial charge is 0.281 e. The normalized spacial score (nSPS) is 11.6. The van der Waals surface area contributed by atoms with Crippen molar-refractivity contribution >= 4 is 27.3 Å². The third-order valence-electron chi connectivity index (χ3n) is 3.45. The first kappa shape index (κ1) is 16.5. The molecule has 0 amide bonds. The van der Waals surface area contributed by atoms with Crippen LogP contribution < -0.4 is 4.72 Å². The Hall–Kier alpha value is -2.32. The van der Waals surface area contributed by atoms with Crippen molar-refractivity contribution in [2.75, 3.05) is 4.72 Å². The molecule has 0 bridgehead atoms. The van der Waals surface area contributed by atoms with Crippen LogP contribution in [0.4, 0.5) is 5.69 Å². The van der Waals surface area contributed by atoms with E-state index in [1.54, 1.807) is 30.8 Å². The van der Waals surface area contributed by atoms with Crippen LogP contribution in [-0.4, -0.2) is 28.4 Å². The topological polar surface area (TPSA) is 92.7 Å². The Kier molecular flexibility index (Phi) is 4.33. The number of halogens is 1. The summed E-state index contributed by atoms with van der Waals surface area (Å²) in [5, 5.41) is 11.4. The third-order valence-corrected chi connectivity index (χ3v) is 5.33. The van der Waals surface area contributed by atoms with Crippen LogP contribution in [0, 0.1) is 13.8 Å². The van der Waals surface area contributed by atoms with Gasteiger partial charge in [0.1, 0.15) is 4.90 Å². The number of H-pyrrole nitrogens is 1. The third kappa shape index (κ3) is 3.44. The van der Waals surface area contributed by atoms with Crippen LogP contribution in [0.15, 0.2) is 41.6 Å². The molecule has 0 saturated carbocycles. The first-order valence-electron chi connectivity index (χ1n) is 7.16. The van der Waals surface area contributed by atoms with Crippen molar-refractivity contribution in [3.63, 3.8) is 0 Å². The average Bonchev–Trinajstić information content (AvgIpc) is 3.05. The van der Waals surface area contributed by atoms with Crippen molar-refractivity contribution < 1.29 is 8.42 Å². The van der Waals surface area contributed by atoms with Gasteiger partial charge in [-0.2, -0.15) is 10.2 Å². The predicted octanol–water partition coefficient (Wildman–Crippen LogP) is 2.73. The smallest absolute Gasteiger partial charge is 0.265 e. The van der Waals surface area contributed by atoms with E-state index in [9.17, 15) is 8.42 Å². The second kappa shape index (κ2) is 6.29. The fourth-order valence-electron chi connectivity index (χ4n) is 2.47. The van der Waals surface area contributed by atoms with Gasteiger partial charge in [0.15, 0.2) is 0 Å². The molecule has 0 spiro atoms. The fraction of sp³-hybridized carbons (Fsp3) is 0.200. The second-order valence-corrected chi connectivity index (χ2v) is 7.48. The summed E-state index contributed by atoms with van der Waals surface area (Å²) >= 11 is 5.96. The van der Waals surface area contributed by atoms with E-state index in [0.717, 1.165) is 5.56 Å². The molecule has 0 aliphatic heterocycles. The summed E-state index contributed by atoms with van der Waals surface area (Å²) in [4.78, 5) is 0.157. The molecule has 0 saturated heterocycles. The lowest BCUT2D eigenvalue weighted by Gasteiger charge is -2.06. The van der Waals surface area contributed by atoms with Crippen LogP contribution in [0.5, 0.6) is 0 Å². The minimum absolute atomic E-state index is 0.157. The molecule has 0 aliphatic carbocycles. The van der Waals surface area contributed by atoms with Gasteiger partial charge in [-0.05, 0) is 31.5 Å². The molecule has 3 rings (SSSR count). The van der Waals surface area contributed by atoms with Crippen LogP contribution in [0.2, 0.25) is 5.02 Å². The van der Waals surface area contributed by atoms with Crippen molar-refractivity contribution in [3.05, 3.63) is 58.6 Å². The molecule has 2 heterocycles. The molecular weight excluding hydrogens is 350 g/mol. The van der Waals surface area contributed by atoms with E-state index in [4.69, 9.17) is 11.6 Å². The van der Waals surface area contributed by atoms with Crippen molar-refractivity contribution in [3.8, 4) is 0 Å². The van der Waals surface area contributed by atoms with Gasteiger partial charge >= 0.3 is 0 Å². The van der Waals surface area contributed by atoms with E-state index in [1.807, 2.05) is 18.2 Å². The molecule has 0 atom stereocenters. The molecule has 0 unspecified atom stereocenters. The minimum atomic E-state index is -3.72. The Labute approximate surface area is 144 Å². The van der Waals surface area contributed by atoms with Gasteiger partial charge in [0.25, 0.3) is 10.0 Å². The molecular formula is C15H16ClN5O2S. The number of aryl methyl sites for hydroxylation is 2. The number of rotatable bonds is 5. The maximum Gasteiger partial charge on any atom is 0.265 e. The van der Waals surface area contributed by atoms with Gasteiger partial charge in [0.05, 0.1) is 29.8 Å². The molecule has 3 aromatic rings. The zero-order valence-electron chi connectivity index (χ0n) is 13.1. The number of hydrogen-bond acceptors (Lipinski definition) is 4. The van der Waals surface area contributed by atoms with Gasteiger partial charge in [0, 0.05) is 11.2 Å². The highest BCUT2D eigenvalue weighted by molar-refractivity contribution is 7.92. The zero-order valence-corrected chi connectivity index (χ0v) is 14.7. The molecule has 2 N–H and O–H groups in total. The Bertz CT molecular complexity index is 958. The molecule has 0 radical (unpaired) electrons. The van der Waals surface area contributed by atoms with Gasteiger partial charge in [-0.25, -0.2) is 8.42 Å². The van der Waals surface area contributed by atoms with Gasteiger partial charge in [-0.3, -0.25) is 14.5 Å². The van der Waals surface area contributed by atoms with E-state index >= 15 is 0 Å². The summed E-state index contributed by atoms with van der Waals surface area (Å²) in [6.45, 7) is 3.80. The maximum absolute atomic E-state index is 12.5. The Morgan fingerprint density at radius 2 is 2.12 bits per heavy atom. The van der Waals surface area contributed by atoms with E-state index in [-0.39, 0.29) is 4.90 Å². The Balaban J connectivity index is 1.79. The summed E-state index contributed by atoms with van der Waals surface area (Å²) in [6, 6.07) is 7.42. The molecule has 1 aromatic carbocycles. The van der Waals surface area contributed by atoms with Crippen LogP contribution >= 0.6 is 11.6 Å². The van der Waals surface area contributed by atoms with E-state index in [1.165, 1.54) is 6.20 Å². The number of nitrogens with one attached hydrogen (secondary N) is 2. The molecule has 126 valence electrons. The number of aromatic nitrogens is 4. The number of aromatic amines is 1. The first-order valence-corrected chi connectivity index (χ1v) is 9.02. The molecule has 7 nitrogen and oxygen atoms in total. The van der Waals surface area contributed by atoms with Gasteiger partial charge in [0.2, 0.25) is 0 Å². The molecule has 2 aromatic heterocycles. The fourth-order valence-corrected chi connectivity index (χ4v) is 4.08. The number of nitrogens with zero attached hydrogens (tertiary/aromatic N) is 3.